The number of aryl methyl sites for hydroxylation is 2. The Labute approximate surface area is 89.3 Å². The lowest BCUT2D eigenvalue weighted by Crippen LogP contribution is -2.12. The summed E-state index contributed by atoms with van der Waals surface area (Å²) in [6, 6.07) is 7.47. The zero-order chi connectivity index (χ0) is 11.4. The van der Waals surface area contributed by atoms with Crippen LogP contribution in [0.25, 0.3) is 0 Å². The van der Waals surface area contributed by atoms with Gasteiger partial charge in [0, 0.05) is 0 Å². The maximum absolute atomic E-state index is 11.3. The molecule has 0 aliphatic rings. The molecule has 1 rings (SSSR count). The molecule has 0 radical (unpaired) electrons. The molecule has 3 heteroatoms. The van der Waals surface area contributed by atoms with Crippen LogP contribution < -0.4 is 0 Å². The van der Waals surface area contributed by atoms with Gasteiger partial charge < -0.3 is 4.74 Å². The minimum absolute atomic E-state index is 0.513. The van der Waals surface area contributed by atoms with Crippen molar-refractivity contribution in [1.29, 1.82) is 5.26 Å². The molecule has 3 nitrogen and oxygen atoms in total. The molecule has 0 saturated carbocycles. The molecule has 0 aliphatic carbocycles. The van der Waals surface area contributed by atoms with E-state index in [0.717, 1.165) is 11.1 Å². The summed E-state index contributed by atoms with van der Waals surface area (Å²) in [6.07, 6.45) is 0. The summed E-state index contributed by atoms with van der Waals surface area (Å²) < 4.78 is 4.57. The van der Waals surface area contributed by atoms with Gasteiger partial charge in [0.2, 0.25) is 0 Å². The highest BCUT2D eigenvalue weighted by Gasteiger charge is 2.20. The number of benzene rings is 1. The Morgan fingerprint density at radius 2 is 2.07 bits per heavy atom. The number of rotatable bonds is 2. The summed E-state index contributed by atoms with van der Waals surface area (Å²) in [5.41, 5.74) is 2.89. The zero-order valence-corrected chi connectivity index (χ0v) is 9.07. The standard InChI is InChI=1S/C12H13NO2/c1-8-4-5-10(6-9(8)2)11(7-13)12(14)15-3/h4-6,11H,1-3H3. The van der Waals surface area contributed by atoms with E-state index in [4.69, 9.17) is 5.26 Å². The summed E-state index contributed by atoms with van der Waals surface area (Å²) in [5, 5.41) is 8.89. The van der Waals surface area contributed by atoms with Gasteiger partial charge in [-0.25, -0.2) is 0 Å². The molecular weight excluding hydrogens is 190 g/mol. The largest absolute Gasteiger partial charge is 0.468 e. The molecule has 0 aliphatic heterocycles. The molecule has 0 aromatic heterocycles. The average Bonchev–Trinajstić information content (AvgIpc) is 2.24. The smallest absolute Gasteiger partial charge is 0.327 e. The maximum atomic E-state index is 11.3. The second-order valence-corrected chi connectivity index (χ2v) is 3.43. The molecule has 0 heterocycles. The zero-order valence-electron chi connectivity index (χ0n) is 9.07. The van der Waals surface area contributed by atoms with Gasteiger partial charge in [-0.1, -0.05) is 18.2 Å². The van der Waals surface area contributed by atoms with Gasteiger partial charge in [-0.2, -0.15) is 5.26 Å². The molecule has 1 unspecified atom stereocenters. The fraction of sp³-hybridized carbons (Fsp3) is 0.333. The number of nitrogens with zero attached hydrogens (tertiary/aromatic N) is 1. The van der Waals surface area contributed by atoms with Crippen molar-refractivity contribution < 1.29 is 9.53 Å². The van der Waals surface area contributed by atoms with Crippen LogP contribution in [-0.4, -0.2) is 13.1 Å². The molecular formula is C12H13NO2. The fourth-order valence-electron chi connectivity index (χ4n) is 1.33. The van der Waals surface area contributed by atoms with Crippen LogP contribution in [0.3, 0.4) is 0 Å². The van der Waals surface area contributed by atoms with Crippen LogP contribution in [-0.2, 0) is 9.53 Å². The minimum Gasteiger partial charge on any atom is -0.468 e. The highest BCUT2D eigenvalue weighted by molar-refractivity contribution is 5.81. The average molecular weight is 203 g/mol. The van der Waals surface area contributed by atoms with Crippen molar-refractivity contribution in [3.8, 4) is 6.07 Å². The second kappa shape index (κ2) is 4.61. The van der Waals surface area contributed by atoms with Crippen LogP contribution in [0.2, 0.25) is 0 Å². The van der Waals surface area contributed by atoms with E-state index in [1.54, 1.807) is 6.07 Å². The number of carbonyl (C=O) groups is 1. The third-order valence-corrected chi connectivity index (χ3v) is 2.43. The summed E-state index contributed by atoms with van der Waals surface area (Å²) in [7, 11) is 1.29. The molecule has 0 amide bonds. The number of methoxy groups -OCH3 is 1. The van der Waals surface area contributed by atoms with E-state index in [2.05, 4.69) is 4.74 Å². The van der Waals surface area contributed by atoms with Crippen LogP contribution >= 0.6 is 0 Å². The Morgan fingerprint density at radius 3 is 2.53 bits per heavy atom. The van der Waals surface area contributed by atoms with Crippen LogP contribution in [0.4, 0.5) is 0 Å². The Kier molecular flexibility index (Phi) is 3.46. The van der Waals surface area contributed by atoms with E-state index >= 15 is 0 Å². The van der Waals surface area contributed by atoms with Crippen molar-refractivity contribution >= 4 is 5.97 Å². The molecule has 1 aromatic rings. The molecule has 1 atom stereocenters. The first-order valence-corrected chi connectivity index (χ1v) is 4.64. The van der Waals surface area contributed by atoms with Gasteiger partial charge in [0.1, 0.15) is 0 Å². The van der Waals surface area contributed by atoms with Gasteiger partial charge >= 0.3 is 5.97 Å². The van der Waals surface area contributed by atoms with E-state index in [0.29, 0.717) is 5.56 Å². The quantitative estimate of drug-likeness (QED) is 0.691. The first-order valence-electron chi connectivity index (χ1n) is 4.64. The van der Waals surface area contributed by atoms with E-state index in [-0.39, 0.29) is 0 Å². The lowest BCUT2D eigenvalue weighted by atomic mass is 9.97. The molecule has 0 saturated heterocycles. The van der Waals surface area contributed by atoms with Crippen molar-refractivity contribution in [3.05, 3.63) is 34.9 Å². The second-order valence-electron chi connectivity index (χ2n) is 3.43. The van der Waals surface area contributed by atoms with E-state index < -0.39 is 11.9 Å². The predicted molar refractivity (Wildman–Crippen MR) is 56.3 cm³/mol. The number of ether oxygens (including phenoxy) is 1. The van der Waals surface area contributed by atoms with Gasteiger partial charge in [0.05, 0.1) is 13.2 Å². The van der Waals surface area contributed by atoms with Gasteiger partial charge in [0.25, 0.3) is 0 Å². The van der Waals surface area contributed by atoms with Crippen molar-refractivity contribution in [2.24, 2.45) is 0 Å². The first kappa shape index (κ1) is 11.3. The third kappa shape index (κ3) is 2.35. The molecule has 1 aromatic carbocycles. The number of hydrogen-bond acceptors (Lipinski definition) is 3. The van der Waals surface area contributed by atoms with Crippen LogP contribution in [0.15, 0.2) is 18.2 Å². The summed E-state index contributed by atoms with van der Waals surface area (Å²) in [6.45, 7) is 3.93. The fourth-order valence-corrected chi connectivity index (χ4v) is 1.33. The Morgan fingerprint density at radius 1 is 1.40 bits per heavy atom. The maximum Gasteiger partial charge on any atom is 0.327 e. The number of hydrogen-bond donors (Lipinski definition) is 0. The minimum atomic E-state index is -0.825. The summed E-state index contributed by atoms with van der Waals surface area (Å²) in [4.78, 5) is 11.3. The molecule has 0 spiro atoms. The molecule has 0 fully saturated rings. The summed E-state index contributed by atoms with van der Waals surface area (Å²) >= 11 is 0. The SMILES string of the molecule is COC(=O)C(C#N)c1ccc(C)c(C)c1. The van der Waals surface area contributed by atoms with Crippen molar-refractivity contribution in [1.82, 2.24) is 0 Å². The van der Waals surface area contributed by atoms with Crippen LogP contribution in [0, 0.1) is 25.2 Å². The Hall–Kier alpha value is -1.82. The van der Waals surface area contributed by atoms with Crippen molar-refractivity contribution in [2.75, 3.05) is 7.11 Å². The van der Waals surface area contributed by atoms with Gasteiger partial charge in [-0.15, -0.1) is 0 Å². The Balaban J connectivity index is 3.09. The van der Waals surface area contributed by atoms with E-state index in [1.807, 2.05) is 32.0 Å². The number of carbonyl (C=O) groups excluding carboxylic acids is 1. The van der Waals surface area contributed by atoms with Gasteiger partial charge in [-0.05, 0) is 30.5 Å². The van der Waals surface area contributed by atoms with E-state index in [9.17, 15) is 4.79 Å². The molecule has 15 heavy (non-hydrogen) atoms. The summed E-state index contributed by atoms with van der Waals surface area (Å²) in [5.74, 6) is -1.34. The highest BCUT2D eigenvalue weighted by Crippen LogP contribution is 2.19. The lowest BCUT2D eigenvalue weighted by Gasteiger charge is -2.09. The molecule has 0 bridgehead atoms. The predicted octanol–water partition coefficient (Wildman–Crippen LogP) is 2.08. The Bertz CT molecular complexity index is 418. The normalized spacial score (nSPS) is 11.6. The van der Waals surface area contributed by atoms with Crippen molar-refractivity contribution in [3.63, 3.8) is 0 Å². The number of esters is 1. The molecule has 0 N–H and O–H groups in total. The van der Waals surface area contributed by atoms with Crippen LogP contribution in [0.1, 0.15) is 22.6 Å². The van der Waals surface area contributed by atoms with E-state index in [1.165, 1.54) is 7.11 Å². The topological polar surface area (TPSA) is 50.1 Å². The highest BCUT2D eigenvalue weighted by atomic mass is 16.5. The van der Waals surface area contributed by atoms with Gasteiger partial charge in [0.15, 0.2) is 5.92 Å². The number of nitriles is 1. The lowest BCUT2D eigenvalue weighted by molar-refractivity contribution is -0.140. The van der Waals surface area contributed by atoms with Gasteiger partial charge in [-0.3, -0.25) is 4.79 Å². The monoisotopic (exact) mass is 203 g/mol. The molecule has 78 valence electrons. The van der Waals surface area contributed by atoms with Crippen LogP contribution in [0.5, 0.6) is 0 Å². The van der Waals surface area contributed by atoms with Crippen molar-refractivity contribution in [2.45, 2.75) is 19.8 Å². The first-order chi connectivity index (χ1) is 7.10. The third-order valence-electron chi connectivity index (χ3n) is 2.43.